The van der Waals surface area contributed by atoms with Crippen molar-refractivity contribution < 1.29 is 28.6 Å². The van der Waals surface area contributed by atoms with Crippen LogP contribution in [-0.4, -0.2) is 37.2 Å². The fraction of sp³-hybridized carbons (Fsp3) is 0.776. The highest BCUT2D eigenvalue weighted by molar-refractivity contribution is 5.71. The highest BCUT2D eigenvalue weighted by Gasteiger charge is 2.19. The maximum absolute atomic E-state index is 12.9. The predicted molar refractivity (Wildman–Crippen MR) is 316 cm³/mol. The van der Waals surface area contributed by atoms with Gasteiger partial charge in [-0.1, -0.05) is 280 Å². The number of carbonyl (C=O) groups is 3. The molecule has 0 heterocycles. The molecule has 0 amide bonds. The lowest BCUT2D eigenvalue weighted by Gasteiger charge is -2.18. The van der Waals surface area contributed by atoms with Gasteiger partial charge >= 0.3 is 17.9 Å². The fourth-order valence-corrected chi connectivity index (χ4v) is 9.00. The standard InChI is InChI=1S/C67H118O6/c1-4-7-10-13-16-19-22-25-28-30-32-33-35-37-40-42-45-48-51-54-57-60-66(69)72-63-64(73-67(70)61-58-55-52-49-46-43-38-27-24-21-18-15-12-9-6-3)62-71-65(68)59-56-53-50-47-44-41-39-36-34-31-29-26-23-20-17-14-11-8-5-2/h9,12,17-18,20-21,26-27,29,38,46,49,64H,4-8,10-11,13-16,19,22-25,28,30-37,39-45,47-48,50-63H2,1-3H3/b12-9-,20-17-,21-18-,29-26-,38-27-,49-46-/t64-/m1/s1. The minimum atomic E-state index is -0.798. The SMILES string of the molecule is CC/C=C\C/C=C\C/C=C\C/C=C\CCCCC(=O)O[C@H](COC(=O)CCCCCCCCCCC/C=C\C/C=C\CCCCC)COC(=O)CCCCCCCCCCCCCCCCCCCCCCC. The van der Waals surface area contributed by atoms with Crippen molar-refractivity contribution in [2.75, 3.05) is 13.2 Å². The largest absolute Gasteiger partial charge is 0.462 e. The van der Waals surface area contributed by atoms with Crippen LogP contribution in [0, 0.1) is 0 Å². The first-order valence-corrected chi connectivity index (χ1v) is 31.4. The Bertz CT molecular complexity index is 1360. The van der Waals surface area contributed by atoms with E-state index in [-0.39, 0.29) is 37.5 Å². The summed E-state index contributed by atoms with van der Waals surface area (Å²) in [4.78, 5) is 38.3. The quantitative estimate of drug-likeness (QED) is 0.0261. The summed E-state index contributed by atoms with van der Waals surface area (Å²) in [7, 11) is 0. The Labute approximate surface area is 453 Å². The molecule has 0 aliphatic heterocycles. The lowest BCUT2D eigenvalue weighted by molar-refractivity contribution is -0.167. The Morgan fingerprint density at radius 3 is 0.890 bits per heavy atom. The Morgan fingerprint density at radius 1 is 0.288 bits per heavy atom. The molecule has 6 heteroatoms. The van der Waals surface area contributed by atoms with Crippen LogP contribution >= 0.6 is 0 Å². The van der Waals surface area contributed by atoms with E-state index in [1.165, 1.54) is 186 Å². The van der Waals surface area contributed by atoms with E-state index in [9.17, 15) is 14.4 Å². The molecule has 422 valence electrons. The number of carbonyl (C=O) groups excluding carboxylic acids is 3. The minimum Gasteiger partial charge on any atom is -0.462 e. The smallest absolute Gasteiger partial charge is 0.306 e. The van der Waals surface area contributed by atoms with Gasteiger partial charge in [-0.25, -0.2) is 0 Å². The van der Waals surface area contributed by atoms with Crippen LogP contribution in [0.3, 0.4) is 0 Å². The summed E-state index contributed by atoms with van der Waals surface area (Å²) < 4.78 is 16.9. The fourth-order valence-electron chi connectivity index (χ4n) is 9.00. The summed E-state index contributed by atoms with van der Waals surface area (Å²) in [5, 5.41) is 0. The number of rotatable bonds is 57. The molecule has 6 nitrogen and oxygen atoms in total. The van der Waals surface area contributed by atoms with Gasteiger partial charge in [0.2, 0.25) is 0 Å². The van der Waals surface area contributed by atoms with Crippen molar-refractivity contribution in [3.05, 3.63) is 72.9 Å². The molecular weight excluding hydrogens is 901 g/mol. The van der Waals surface area contributed by atoms with Crippen molar-refractivity contribution in [3.8, 4) is 0 Å². The van der Waals surface area contributed by atoms with Gasteiger partial charge in [-0.2, -0.15) is 0 Å². The maximum Gasteiger partial charge on any atom is 0.306 e. The second kappa shape index (κ2) is 61.4. The third-order valence-electron chi connectivity index (χ3n) is 13.7. The van der Waals surface area contributed by atoms with Crippen molar-refractivity contribution in [1.82, 2.24) is 0 Å². The highest BCUT2D eigenvalue weighted by atomic mass is 16.6. The van der Waals surface area contributed by atoms with Gasteiger partial charge in [-0.15, -0.1) is 0 Å². The van der Waals surface area contributed by atoms with Gasteiger partial charge in [0.1, 0.15) is 13.2 Å². The third-order valence-corrected chi connectivity index (χ3v) is 13.7. The molecule has 0 spiro atoms. The van der Waals surface area contributed by atoms with Gasteiger partial charge in [-0.05, 0) is 89.9 Å². The highest BCUT2D eigenvalue weighted by Crippen LogP contribution is 2.17. The number of hydrogen-bond acceptors (Lipinski definition) is 6. The van der Waals surface area contributed by atoms with E-state index in [0.29, 0.717) is 19.3 Å². The number of ether oxygens (including phenoxy) is 3. The van der Waals surface area contributed by atoms with Crippen molar-refractivity contribution in [2.24, 2.45) is 0 Å². The number of unbranched alkanes of at least 4 members (excludes halogenated alkanes) is 34. The van der Waals surface area contributed by atoms with Gasteiger partial charge in [0.15, 0.2) is 6.10 Å². The Kier molecular flexibility index (Phi) is 58.7. The van der Waals surface area contributed by atoms with Crippen LogP contribution in [0.1, 0.15) is 316 Å². The minimum absolute atomic E-state index is 0.0907. The third kappa shape index (κ3) is 59.6. The summed E-state index contributed by atoms with van der Waals surface area (Å²) in [6, 6.07) is 0. The van der Waals surface area contributed by atoms with E-state index in [1.54, 1.807) is 0 Å². The van der Waals surface area contributed by atoms with E-state index < -0.39 is 6.10 Å². The van der Waals surface area contributed by atoms with Crippen LogP contribution in [0.15, 0.2) is 72.9 Å². The van der Waals surface area contributed by atoms with Crippen LogP contribution in [0.4, 0.5) is 0 Å². The number of esters is 3. The molecule has 0 rings (SSSR count). The molecule has 0 aromatic carbocycles. The topological polar surface area (TPSA) is 78.9 Å². The Hall–Kier alpha value is -3.15. The van der Waals surface area contributed by atoms with E-state index in [0.717, 1.165) is 83.5 Å². The van der Waals surface area contributed by atoms with E-state index in [4.69, 9.17) is 14.2 Å². The summed E-state index contributed by atoms with van der Waals surface area (Å²) in [6.45, 7) is 6.51. The first-order chi connectivity index (χ1) is 36.0. The van der Waals surface area contributed by atoms with Crippen molar-refractivity contribution in [1.29, 1.82) is 0 Å². The first kappa shape index (κ1) is 69.8. The molecule has 0 aromatic rings. The monoisotopic (exact) mass is 1020 g/mol. The van der Waals surface area contributed by atoms with Crippen molar-refractivity contribution >= 4 is 17.9 Å². The molecule has 0 aliphatic carbocycles. The summed E-state index contributed by atoms with van der Waals surface area (Å²) >= 11 is 0. The van der Waals surface area contributed by atoms with Gasteiger partial charge < -0.3 is 14.2 Å². The average molecular weight is 1020 g/mol. The van der Waals surface area contributed by atoms with E-state index in [1.807, 2.05) is 0 Å². The zero-order valence-electron chi connectivity index (χ0n) is 48.4. The molecule has 0 aromatic heterocycles. The van der Waals surface area contributed by atoms with Crippen LogP contribution < -0.4 is 0 Å². The molecule has 0 radical (unpaired) electrons. The second-order valence-corrected chi connectivity index (χ2v) is 20.9. The molecule has 0 saturated carbocycles. The average Bonchev–Trinajstić information content (AvgIpc) is 3.39. The molecule has 0 aliphatic rings. The zero-order chi connectivity index (χ0) is 52.9. The van der Waals surface area contributed by atoms with Gasteiger partial charge in [0.05, 0.1) is 0 Å². The first-order valence-electron chi connectivity index (χ1n) is 31.4. The summed E-state index contributed by atoms with van der Waals surface area (Å²) in [5.41, 5.74) is 0. The second-order valence-electron chi connectivity index (χ2n) is 20.9. The van der Waals surface area contributed by atoms with Gasteiger partial charge in [0.25, 0.3) is 0 Å². The number of allylic oxidation sites excluding steroid dienone is 12. The lowest BCUT2D eigenvalue weighted by Crippen LogP contribution is -2.30. The molecule has 0 N–H and O–H groups in total. The predicted octanol–water partition coefficient (Wildman–Crippen LogP) is 21.3. The summed E-state index contributed by atoms with van der Waals surface area (Å²) in [6.07, 6.45) is 79.1. The molecule has 0 fully saturated rings. The molecule has 0 saturated heterocycles. The Balaban J connectivity index is 4.36. The molecule has 73 heavy (non-hydrogen) atoms. The molecule has 0 unspecified atom stereocenters. The normalized spacial score (nSPS) is 12.5. The van der Waals surface area contributed by atoms with Crippen LogP contribution in [0.25, 0.3) is 0 Å². The van der Waals surface area contributed by atoms with Crippen LogP contribution in [-0.2, 0) is 28.6 Å². The van der Waals surface area contributed by atoms with E-state index >= 15 is 0 Å². The van der Waals surface area contributed by atoms with Crippen molar-refractivity contribution in [2.45, 2.75) is 322 Å². The zero-order valence-corrected chi connectivity index (χ0v) is 48.4. The Morgan fingerprint density at radius 2 is 0.534 bits per heavy atom. The maximum atomic E-state index is 12.9. The molecule has 1 atom stereocenters. The van der Waals surface area contributed by atoms with Crippen molar-refractivity contribution in [3.63, 3.8) is 0 Å². The van der Waals surface area contributed by atoms with E-state index in [2.05, 4.69) is 93.7 Å². The van der Waals surface area contributed by atoms with Crippen LogP contribution in [0.2, 0.25) is 0 Å². The van der Waals surface area contributed by atoms with Crippen LogP contribution in [0.5, 0.6) is 0 Å². The lowest BCUT2D eigenvalue weighted by atomic mass is 10.0. The molecular formula is C67H118O6. The molecule has 0 bridgehead atoms. The summed E-state index contributed by atoms with van der Waals surface area (Å²) in [5.74, 6) is -0.922. The number of hydrogen-bond donors (Lipinski definition) is 0. The van der Waals surface area contributed by atoms with Gasteiger partial charge in [-0.3, -0.25) is 14.4 Å². The van der Waals surface area contributed by atoms with Gasteiger partial charge in [0, 0.05) is 19.3 Å².